The summed E-state index contributed by atoms with van der Waals surface area (Å²) in [5, 5.41) is 6.04. The number of carbonyl (C=O) groups excluding carboxylic acids is 2. The van der Waals surface area contributed by atoms with Crippen molar-refractivity contribution in [1.29, 1.82) is 0 Å². The second kappa shape index (κ2) is 3.63. The highest BCUT2D eigenvalue weighted by Crippen LogP contribution is 2.10. The third kappa shape index (κ3) is 1.48. The molecule has 6 heteroatoms. The van der Waals surface area contributed by atoms with Gasteiger partial charge in [0.05, 0.1) is 5.69 Å². The Hall–Kier alpha value is -1.69. The summed E-state index contributed by atoms with van der Waals surface area (Å²) in [6, 6.07) is 1.50. The van der Waals surface area contributed by atoms with Crippen LogP contribution in [0.4, 0.5) is 0 Å². The first-order chi connectivity index (χ1) is 5.79. The molecule has 64 valence electrons. The van der Waals surface area contributed by atoms with Gasteiger partial charge in [-0.15, -0.1) is 0 Å². The molecule has 1 aromatic rings. The molecule has 3 N–H and O–H groups in total. The monoisotopic (exact) mass is 169 g/mol. The molecule has 0 aromatic carbocycles. The molecule has 0 aliphatic rings. The van der Waals surface area contributed by atoms with Gasteiger partial charge in [0.15, 0.2) is 5.92 Å². The summed E-state index contributed by atoms with van der Waals surface area (Å²) in [4.78, 5) is 25.1. The van der Waals surface area contributed by atoms with Crippen LogP contribution in [0.1, 0.15) is 11.6 Å². The van der Waals surface area contributed by atoms with Crippen molar-refractivity contribution < 1.29 is 14.4 Å². The zero-order valence-electron chi connectivity index (χ0n) is 6.06. The van der Waals surface area contributed by atoms with E-state index in [4.69, 9.17) is 0 Å². The molecule has 0 fully saturated rings. The average Bonchev–Trinajstić information content (AvgIpc) is 2.58. The first-order valence-corrected chi connectivity index (χ1v) is 3.14. The normalized spacial score (nSPS) is 12.1. The summed E-state index contributed by atoms with van der Waals surface area (Å²) in [5.41, 5.74) is 0.362. The van der Waals surface area contributed by atoms with Gasteiger partial charge in [-0.1, -0.05) is 0 Å². The van der Waals surface area contributed by atoms with Crippen molar-refractivity contribution in [3.63, 3.8) is 0 Å². The van der Waals surface area contributed by atoms with E-state index >= 15 is 0 Å². The maximum Gasteiger partial charge on any atom is 0.340 e. The number of hydrogen-bond acceptors (Lipinski definition) is 5. The number of carbonyl (C=O) groups is 2. The van der Waals surface area contributed by atoms with Gasteiger partial charge in [0.1, 0.15) is 6.29 Å². The molecule has 1 unspecified atom stereocenters. The van der Waals surface area contributed by atoms with Crippen LogP contribution >= 0.6 is 0 Å². The Labute approximate surface area is 67.7 Å². The number of aldehydes is 1. The maximum absolute atomic E-state index is 10.8. The number of nitrogens with one attached hydrogen (secondary N) is 1. The molecular formula is C6H7N3O3. The molecule has 1 heterocycles. The first kappa shape index (κ1) is 8.41. The van der Waals surface area contributed by atoms with Gasteiger partial charge in [0.2, 0.25) is 0 Å². The Kier molecular flexibility index (Phi) is 2.54. The number of aromatic nitrogens is 2. The van der Waals surface area contributed by atoms with Crippen LogP contribution in [0.2, 0.25) is 0 Å². The third-order valence-corrected chi connectivity index (χ3v) is 1.36. The fraction of sp³-hybridized carbons (Fsp3) is 0.167. The van der Waals surface area contributed by atoms with Gasteiger partial charge < -0.3 is 9.63 Å². The van der Waals surface area contributed by atoms with Crippen LogP contribution in [0, 0.1) is 0 Å². The third-order valence-electron chi connectivity index (χ3n) is 1.36. The summed E-state index contributed by atoms with van der Waals surface area (Å²) in [6.45, 7) is 0. The lowest BCUT2D eigenvalue weighted by molar-refractivity contribution is -0.147. The lowest BCUT2D eigenvalue weighted by atomic mass is 10.1. The second-order valence-electron chi connectivity index (χ2n) is 2.06. The van der Waals surface area contributed by atoms with Crippen molar-refractivity contribution in [1.82, 2.24) is 10.2 Å². The van der Waals surface area contributed by atoms with Crippen LogP contribution in [0.25, 0.3) is 0 Å². The van der Waals surface area contributed by atoms with E-state index in [9.17, 15) is 9.59 Å². The Bertz CT molecular complexity index is 270. The van der Waals surface area contributed by atoms with E-state index in [1.165, 1.54) is 12.3 Å². The topological polar surface area (TPSA) is 98.1 Å². The Morgan fingerprint density at radius 2 is 2.58 bits per heavy atom. The lowest BCUT2D eigenvalue weighted by Crippen LogP contribution is -2.20. The predicted octanol–water partition coefficient (Wildman–Crippen LogP) is -0.891. The van der Waals surface area contributed by atoms with Crippen LogP contribution in [0.3, 0.4) is 0 Å². The number of nitrogens with two attached hydrogens (primary N) is 1. The highest BCUT2D eigenvalue weighted by Gasteiger charge is 2.22. The summed E-state index contributed by atoms with van der Waals surface area (Å²) in [6.07, 6.45) is 1.86. The Balaban J connectivity index is 2.83. The quantitative estimate of drug-likeness (QED) is 0.347. The van der Waals surface area contributed by atoms with Gasteiger partial charge in [-0.3, -0.25) is 5.10 Å². The van der Waals surface area contributed by atoms with E-state index in [0.29, 0.717) is 12.0 Å². The van der Waals surface area contributed by atoms with E-state index in [0.717, 1.165) is 0 Å². The van der Waals surface area contributed by atoms with Crippen molar-refractivity contribution in [3.05, 3.63) is 18.0 Å². The molecule has 1 rings (SSSR count). The zero-order chi connectivity index (χ0) is 8.97. The summed E-state index contributed by atoms with van der Waals surface area (Å²) in [5.74, 6) is 2.78. The minimum atomic E-state index is -1.02. The van der Waals surface area contributed by atoms with Crippen LogP contribution < -0.4 is 5.90 Å². The zero-order valence-corrected chi connectivity index (χ0v) is 6.06. The van der Waals surface area contributed by atoms with Crippen molar-refractivity contribution in [3.8, 4) is 0 Å². The molecule has 0 radical (unpaired) electrons. The molecule has 0 saturated heterocycles. The number of aromatic amines is 1. The van der Waals surface area contributed by atoms with E-state index in [1.54, 1.807) is 0 Å². The number of nitrogens with zero attached hydrogens (tertiary/aromatic N) is 1. The molecule has 1 aromatic heterocycles. The van der Waals surface area contributed by atoms with Crippen molar-refractivity contribution in [2.45, 2.75) is 5.92 Å². The van der Waals surface area contributed by atoms with Crippen LogP contribution in [0.15, 0.2) is 12.3 Å². The Morgan fingerprint density at radius 3 is 3.00 bits per heavy atom. The smallest absolute Gasteiger partial charge is 0.340 e. The molecule has 0 amide bonds. The van der Waals surface area contributed by atoms with Gasteiger partial charge in [-0.05, 0) is 6.07 Å². The fourth-order valence-corrected chi connectivity index (χ4v) is 0.769. The molecule has 0 aliphatic heterocycles. The van der Waals surface area contributed by atoms with Crippen LogP contribution in [-0.2, 0) is 14.4 Å². The van der Waals surface area contributed by atoms with Gasteiger partial charge in [0, 0.05) is 6.20 Å². The highest BCUT2D eigenvalue weighted by molar-refractivity contribution is 5.93. The van der Waals surface area contributed by atoms with Crippen LogP contribution in [-0.4, -0.2) is 22.5 Å². The maximum atomic E-state index is 10.8. The Morgan fingerprint density at radius 1 is 1.83 bits per heavy atom. The van der Waals surface area contributed by atoms with Crippen molar-refractivity contribution in [2.24, 2.45) is 5.90 Å². The largest absolute Gasteiger partial charge is 0.372 e. The van der Waals surface area contributed by atoms with Gasteiger partial charge >= 0.3 is 5.97 Å². The van der Waals surface area contributed by atoms with E-state index < -0.39 is 11.9 Å². The molecule has 12 heavy (non-hydrogen) atoms. The van der Waals surface area contributed by atoms with E-state index in [-0.39, 0.29) is 0 Å². The van der Waals surface area contributed by atoms with Gasteiger partial charge in [0.25, 0.3) is 0 Å². The molecule has 0 bridgehead atoms. The SMILES string of the molecule is NOC(=O)C(C=O)c1ccn[nH]1. The number of H-pyrrole nitrogens is 1. The fourth-order valence-electron chi connectivity index (χ4n) is 0.769. The molecular weight excluding hydrogens is 162 g/mol. The minimum Gasteiger partial charge on any atom is -0.372 e. The van der Waals surface area contributed by atoms with Crippen molar-refractivity contribution >= 4 is 12.3 Å². The van der Waals surface area contributed by atoms with Crippen molar-refractivity contribution in [2.75, 3.05) is 0 Å². The summed E-state index contributed by atoms with van der Waals surface area (Å²) < 4.78 is 0. The number of hydrogen-bond donors (Lipinski definition) is 2. The standard InChI is InChI=1S/C6H7N3O3/c7-12-6(11)4(3-10)5-1-2-8-9-5/h1-4H,7H2,(H,8,9). The second-order valence-corrected chi connectivity index (χ2v) is 2.06. The highest BCUT2D eigenvalue weighted by atomic mass is 16.7. The molecule has 0 spiro atoms. The van der Waals surface area contributed by atoms with Crippen LogP contribution in [0.5, 0.6) is 0 Å². The predicted molar refractivity (Wildman–Crippen MR) is 37.7 cm³/mol. The molecule has 1 atom stereocenters. The molecule has 6 nitrogen and oxygen atoms in total. The minimum absolute atomic E-state index is 0.362. The van der Waals surface area contributed by atoms with E-state index in [2.05, 4.69) is 20.9 Å². The summed E-state index contributed by atoms with van der Waals surface area (Å²) >= 11 is 0. The van der Waals surface area contributed by atoms with Gasteiger partial charge in [-0.2, -0.15) is 11.0 Å². The first-order valence-electron chi connectivity index (χ1n) is 3.14. The lowest BCUT2D eigenvalue weighted by Gasteiger charge is -2.02. The van der Waals surface area contributed by atoms with Gasteiger partial charge in [-0.25, -0.2) is 4.79 Å². The number of rotatable bonds is 3. The van der Waals surface area contributed by atoms with E-state index in [1.807, 2.05) is 0 Å². The molecule has 0 aliphatic carbocycles. The average molecular weight is 169 g/mol. The molecule has 0 saturated carbocycles. The summed E-state index contributed by atoms with van der Waals surface area (Å²) in [7, 11) is 0.